The van der Waals surface area contributed by atoms with Crippen molar-refractivity contribution in [3.8, 4) is 28.4 Å². The van der Waals surface area contributed by atoms with E-state index < -0.39 is 6.04 Å². The molecule has 1 aliphatic rings. The van der Waals surface area contributed by atoms with Crippen molar-refractivity contribution >= 4 is 34.9 Å². The molecule has 1 aliphatic heterocycles. The van der Waals surface area contributed by atoms with Crippen molar-refractivity contribution in [2.24, 2.45) is 0 Å². The summed E-state index contributed by atoms with van der Waals surface area (Å²) in [6, 6.07) is 9.66. The van der Waals surface area contributed by atoms with E-state index in [1.165, 1.54) is 7.11 Å². The third kappa shape index (κ3) is 4.26. The van der Waals surface area contributed by atoms with Crippen LogP contribution in [0.5, 0.6) is 17.2 Å². The van der Waals surface area contributed by atoms with Crippen LogP contribution in [-0.2, 0) is 16.0 Å². The molecule has 4 rings (SSSR count). The highest BCUT2D eigenvalue weighted by molar-refractivity contribution is 6.31. The van der Waals surface area contributed by atoms with Crippen LogP contribution < -0.4 is 24.8 Å². The minimum atomic E-state index is -0.792. The summed E-state index contributed by atoms with van der Waals surface area (Å²) < 4.78 is 17.6. The van der Waals surface area contributed by atoms with Crippen LogP contribution in [-0.4, -0.2) is 42.9 Å². The molecule has 2 amide bonds. The Morgan fingerprint density at radius 1 is 1.09 bits per heavy atom. The molecule has 2 N–H and O–H groups in total. The van der Waals surface area contributed by atoms with E-state index in [0.29, 0.717) is 40.2 Å². The van der Waals surface area contributed by atoms with Crippen LogP contribution in [0.1, 0.15) is 25.1 Å². The van der Waals surface area contributed by atoms with Crippen LogP contribution in [0, 0.1) is 0 Å². The highest BCUT2D eigenvalue weighted by atomic mass is 35.5. The maximum Gasteiger partial charge on any atom is 0.251 e. The number of aromatic nitrogens is 2. The summed E-state index contributed by atoms with van der Waals surface area (Å²) in [5.74, 6) is 1.51. The van der Waals surface area contributed by atoms with Gasteiger partial charge >= 0.3 is 0 Å². The first kappa shape index (κ1) is 23.4. The van der Waals surface area contributed by atoms with Crippen molar-refractivity contribution in [3.63, 3.8) is 0 Å². The molecule has 2 heterocycles. The topological polar surface area (TPSA) is 104 Å². The van der Waals surface area contributed by atoms with E-state index in [1.807, 2.05) is 19.1 Å². The second kappa shape index (κ2) is 9.64. The molecule has 0 spiro atoms. The molecule has 34 heavy (non-hydrogen) atoms. The molecule has 0 bridgehead atoms. The molecule has 0 aliphatic carbocycles. The molecule has 0 fully saturated rings. The van der Waals surface area contributed by atoms with Crippen molar-refractivity contribution < 1.29 is 23.8 Å². The van der Waals surface area contributed by atoms with Gasteiger partial charge in [0.25, 0.3) is 5.91 Å². The quantitative estimate of drug-likeness (QED) is 0.493. The highest BCUT2D eigenvalue weighted by Gasteiger charge is 2.37. The summed E-state index contributed by atoms with van der Waals surface area (Å²) in [5.41, 5.74) is 2.84. The number of carbonyl (C=O) groups is 2. The molecule has 0 radical (unpaired) electrons. The number of anilines is 2. The number of hydrogen-bond donors (Lipinski definition) is 2. The molecular weight excluding hydrogens is 460 g/mol. The lowest BCUT2D eigenvalue weighted by Crippen LogP contribution is -2.24. The van der Waals surface area contributed by atoms with E-state index in [2.05, 4.69) is 15.7 Å². The lowest BCUT2D eigenvalue weighted by Gasteiger charge is -2.13. The third-order valence-corrected chi connectivity index (χ3v) is 5.88. The Kier molecular flexibility index (Phi) is 6.65. The largest absolute Gasteiger partial charge is 0.495 e. The van der Waals surface area contributed by atoms with E-state index in [4.69, 9.17) is 25.8 Å². The normalized spacial score (nSPS) is 14.4. The summed E-state index contributed by atoms with van der Waals surface area (Å²) in [6.45, 7) is 1.98. The van der Waals surface area contributed by atoms with Gasteiger partial charge in [-0.25, -0.2) is 4.68 Å². The van der Waals surface area contributed by atoms with Gasteiger partial charge in [0.05, 0.1) is 39.1 Å². The fourth-order valence-electron chi connectivity index (χ4n) is 4.01. The van der Waals surface area contributed by atoms with E-state index in [-0.39, 0.29) is 18.2 Å². The maximum absolute atomic E-state index is 12.8. The van der Waals surface area contributed by atoms with Crippen molar-refractivity contribution in [2.75, 3.05) is 32.0 Å². The Labute approximate surface area is 201 Å². The maximum atomic E-state index is 12.8. The number of fused-ring (bicyclic) bond motifs is 1. The van der Waals surface area contributed by atoms with Crippen molar-refractivity contribution in [1.29, 1.82) is 0 Å². The summed E-state index contributed by atoms with van der Waals surface area (Å²) in [7, 11) is 4.64. The Morgan fingerprint density at radius 2 is 1.79 bits per heavy atom. The first-order valence-electron chi connectivity index (χ1n) is 10.7. The standard InChI is InChI=1S/C24H25ClN4O5/c1-5-15-22(13-6-8-19(33-3)20(10-13)34-4)23-27-24(31)17(29(23)28-15)12-21(30)26-16-11-14(25)7-9-18(16)32-2/h6-11,17H,5,12H2,1-4H3,(H,26,30)(H,27,31). The zero-order chi connectivity index (χ0) is 24.4. The summed E-state index contributed by atoms with van der Waals surface area (Å²) >= 11 is 6.05. The van der Waals surface area contributed by atoms with E-state index >= 15 is 0 Å². The zero-order valence-electron chi connectivity index (χ0n) is 19.3. The van der Waals surface area contributed by atoms with Crippen LogP contribution in [0.2, 0.25) is 5.02 Å². The van der Waals surface area contributed by atoms with Gasteiger partial charge in [0, 0.05) is 10.6 Å². The van der Waals surface area contributed by atoms with E-state index in [1.54, 1.807) is 43.2 Å². The Hall–Kier alpha value is -3.72. The van der Waals surface area contributed by atoms with Crippen LogP contribution in [0.15, 0.2) is 36.4 Å². The average molecular weight is 485 g/mol. The van der Waals surface area contributed by atoms with Gasteiger partial charge in [-0.3, -0.25) is 9.59 Å². The SMILES string of the molecule is CCc1nn2c(c1-c1ccc(OC)c(OC)c1)NC(=O)C2CC(=O)Nc1cc(Cl)ccc1OC. The third-order valence-electron chi connectivity index (χ3n) is 5.64. The monoisotopic (exact) mass is 484 g/mol. The van der Waals surface area contributed by atoms with Crippen molar-refractivity contribution in [1.82, 2.24) is 9.78 Å². The lowest BCUT2D eigenvalue weighted by molar-refractivity contribution is -0.123. The zero-order valence-corrected chi connectivity index (χ0v) is 20.0. The van der Waals surface area contributed by atoms with Crippen LogP contribution >= 0.6 is 11.6 Å². The molecule has 0 saturated carbocycles. The fourth-order valence-corrected chi connectivity index (χ4v) is 4.19. The second-order valence-electron chi connectivity index (χ2n) is 7.64. The number of hydrogen-bond acceptors (Lipinski definition) is 6. The smallest absolute Gasteiger partial charge is 0.251 e. The molecule has 1 atom stereocenters. The number of ether oxygens (including phenoxy) is 3. The predicted octanol–water partition coefficient (Wildman–Crippen LogP) is 4.31. The van der Waals surface area contributed by atoms with Gasteiger partial charge in [0.2, 0.25) is 5.91 Å². The van der Waals surface area contributed by atoms with Gasteiger partial charge in [-0.2, -0.15) is 5.10 Å². The van der Waals surface area contributed by atoms with Gasteiger partial charge < -0.3 is 24.8 Å². The van der Waals surface area contributed by atoms with Crippen molar-refractivity contribution in [3.05, 3.63) is 47.1 Å². The number of nitrogens with zero attached hydrogens (tertiary/aromatic N) is 2. The molecule has 9 nitrogen and oxygen atoms in total. The van der Waals surface area contributed by atoms with E-state index in [9.17, 15) is 9.59 Å². The summed E-state index contributed by atoms with van der Waals surface area (Å²) in [6.07, 6.45) is 0.531. The second-order valence-corrected chi connectivity index (χ2v) is 8.08. The van der Waals surface area contributed by atoms with Crippen LogP contribution in [0.4, 0.5) is 11.5 Å². The van der Waals surface area contributed by atoms with Crippen LogP contribution in [0.25, 0.3) is 11.1 Å². The number of halogens is 1. The van der Waals surface area contributed by atoms with Gasteiger partial charge in [0.15, 0.2) is 11.5 Å². The molecule has 1 aromatic heterocycles. The van der Waals surface area contributed by atoms with Gasteiger partial charge in [-0.15, -0.1) is 0 Å². The molecular formula is C24H25ClN4O5. The predicted molar refractivity (Wildman–Crippen MR) is 129 cm³/mol. The molecule has 0 saturated heterocycles. The Balaban J connectivity index is 1.64. The summed E-state index contributed by atoms with van der Waals surface area (Å²) in [4.78, 5) is 25.6. The van der Waals surface area contributed by atoms with Gasteiger partial charge in [0.1, 0.15) is 17.6 Å². The van der Waals surface area contributed by atoms with Gasteiger partial charge in [-0.1, -0.05) is 24.6 Å². The number of nitrogens with one attached hydrogen (secondary N) is 2. The van der Waals surface area contributed by atoms with Crippen molar-refractivity contribution in [2.45, 2.75) is 25.8 Å². The minimum absolute atomic E-state index is 0.106. The molecule has 1 unspecified atom stereocenters. The number of rotatable bonds is 8. The van der Waals surface area contributed by atoms with E-state index in [0.717, 1.165) is 16.8 Å². The fraction of sp³-hybridized carbons (Fsp3) is 0.292. The Bertz CT molecular complexity index is 1260. The first-order valence-corrected chi connectivity index (χ1v) is 11.1. The van der Waals surface area contributed by atoms with Crippen LogP contribution in [0.3, 0.4) is 0 Å². The molecule has 2 aromatic carbocycles. The number of carbonyl (C=O) groups excluding carboxylic acids is 2. The highest BCUT2D eigenvalue weighted by Crippen LogP contribution is 2.41. The number of methoxy groups -OCH3 is 3. The van der Waals surface area contributed by atoms with Gasteiger partial charge in [-0.05, 0) is 42.3 Å². The number of aryl methyl sites for hydroxylation is 1. The minimum Gasteiger partial charge on any atom is -0.495 e. The Morgan fingerprint density at radius 3 is 2.47 bits per heavy atom. The number of amides is 2. The molecule has 178 valence electrons. The average Bonchev–Trinajstić information content (AvgIpc) is 3.33. The molecule has 3 aromatic rings. The molecule has 10 heteroatoms. The first-order chi connectivity index (χ1) is 16.4. The number of benzene rings is 2. The lowest BCUT2D eigenvalue weighted by atomic mass is 10.0. The summed E-state index contributed by atoms with van der Waals surface area (Å²) in [5, 5.41) is 10.8.